The molecule has 0 bridgehead atoms. The first-order chi connectivity index (χ1) is 17.0. The Morgan fingerprint density at radius 3 is 2.33 bits per heavy atom. The molecule has 10 heteroatoms. The number of nitrogens with zero attached hydrogens (tertiary/aromatic N) is 2. The minimum atomic E-state index is -4.62. The molecule has 1 aliphatic heterocycles. The molecule has 4 rings (SSSR count). The molecule has 1 unspecified atom stereocenters. The highest BCUT2D eigenvalue weighted by Gasteiger charge is 2.49. The molecule has 1 atom stereocenters. The third-order valence-electron chi connectivity index (χ3n) is 5.93. The van der Waals surface area contributed by atoms with Gasteiger partial charge in [-0.15, -0.1) is 0 Å². The van der Waals surface area contributed by atoms with Crippen molar-refractivity contribution in [3.05, 3.63) is 99.0 Å². The summed E-state index contributed by atoms with van der Waals surface area (Å²) in [5, 5.41) is 8.29. The van der Waals surface area contributed by atoms with Crippen molar-refractivity contribution in [3.63, 3.8) is 0 Å². The minimum Gasteiger partial charge on any atom is -0.324 e. The molecule has 0 radical (unpaired) electrons. The number of rotatable bonds is 6. The van der Waals surface area contributed by atoms with Gasteiger partial charge in [0.2, 0.25) is 5.91 Å². The van der Waals surface area contributed by atoms with Gasteiger partial charge in [0, 0.05) is 15.7 Å². The number of hydrazone groups is 1. The van der Waals surface area contributed by atoms with Crippen LogP contribution in [0.3, 0.4) is 0 Å². The molecule has 3 aromatic rings. The van der Waals surface area contributed by atoms with Crippen LogP contribution >= 0.6 is 27.5 Å². The third kappa shape index (κ3) is 5.17. The number of ketones is 1. The zero-order valence-corrected chi connectivity index (χ0v) is 21.3. The second-order valence-corrected chi connectivity index (χ2v) is 9.67. The normalized spacial score (nSPS) is 17.6. The van der Waals surface area contributed by atoms with Crippen LogP contribution in [0.15, 0.2) is 82.4 Å². The fourth-order valence-corrected chi connectivity index (χ4v) is 4.78. The summed E-state index contributed by atoms with van der Waals surface area (Å²) in [6.07, 6.45) is -4.62. The topological polar surface area (TPSA) is 61.8 Å². The summed E-state index contributed by atoms with van der Waals surface area (Å²) in [5.74, 6) is -0.627. The Morgan fingerprint density at radius 2 is 1.75 bits per heavy atom. The molecule has 1 N–H and O–H groups in total. The van der Waals surface area contributed by atoms with Gasteiger partial charge >= 0.3 is 6.18 Å². The molecule has 1 aliphatic rings. The number of halogens is 5. The number of Topliss-reactive ketones (excluding diaryl/α,β-unsaturated/α-hetero) is 1. The average molecular weight is 579 g/mol. The van der Waals surface area contributed by atoms with Gasteiger partial charge in [0.1, 0.15) is 17.7 Å². The summed E-state index contributed by atoms with van der Waals surface area (Å²) in [5.41, 5.74) is -0.589. The Balaban J connectivity index is 1.73. The van der Waals surface area contributed by atoms with Crippen LogP contribution in [-0.2, 0) is 21.2 Å². The second kappa shape index (κ2) is 10.1. The number of benzene rings is 3. The van der Waals surface area contributed by atoms with Gasteiger partial charge in [-0.2, -0.15) is 18.3 Å². The van der Waals surface area contributed by atoms with Gasteiger partial charge in [-0.25, -0.2) is 0 Å². The summed E-state index contributed by atoms with van der Waals surface area (Å²) >= 11 is 9.33. The first-order valence-corrected chi connectivity index (χ1v) is 12.0. The van der Waals surface area contributed by atoms with Crippen LogP contribution in [0, 0.1) is 0 Å². The Hall–Kier alpha value is -3.17. The van der Waals surface area contributed by atoms with Crippen LogP contribution in [0.5, 0.6) is 0 Å². The number of alkyl halides is 3. The Morgan fingerprint density at radius 1 is 1.08 bits per heavy atom. The second-order valence-electron chi connectivity index (χ2n) is 8.35. The SMILES string of the molecule is CC(=O)C1(c2ccccc2)CN(CC(=O)Nc2ccc(Br)cc2)N=C1c1ccc(C(F)(F)F)c(Cl)c1. The Labute approximate surface area is 219 Å². The van der Waals surface area contributed by atoms with E-state index in [0.717, 1.165) is 16.6 Å². The van der Waals surface area contributed by atoms with E-state index in [4.69, 9.17) is 11.6 Å². The van der Waals surface area contributed by atoms with Crippen molar-refractivity contribution in [2.45, 2.75) is 18.5 Å². The highest BCUT2D eigenvalue weighted by atomic mass is 79.9. The molecule has 0 aromatic heterocycles. The number of carbonyl (C=O) groups is 2. The molecule has 1 heterocycles. The summed E-state index contributed by atoms with van der Waals surface area (Å²) in [6.45, 7) is 1.27. The van der Waals surface area contributed by atoms with Crippen LogP contribution in [-0.4, -0.2) is 35.5 Å². The standard InChI is InChI=1S/C26H20BrClF3N3O2/c1-16(35)25(18-5-3-2-4-6-18)15-34(14-23(36)32-20-10-8-19(27)9-11-20)33-24(25)17-7-12-21(22(28)13-17)26(29,30)31/h2-13H,14-15H2,1H3,(H,32,36). The van der Waals surface area contributed by atoms with Crippen LogP contribution in [0.25, 0.3) is 0 Å². The average Bonchev–Trinajstić information content (AvgIpc) is 3.20. The molecule has 186 valence electrons. The van der Waals surface area contributed by atoms with Crippen LogP contribution in [0.1, 0.15) is 23.6 Å². The van der Waals surface area contributed by atoms with Crippen molar-refractivity contribution >= 4 is 50.6 Å². The van der Waals surface area contributed by atoms with Crippen molar-refractivity contribution in [1.82, 2.24) is 5.01 Å². The first kappa shape index (κ1) is 25.9. The number of nitrogens with one attached hydrogen (secondary N) is 1. The van der Waals surface area contributed by atoms with E-state index in [1.165, 1.54) is 18.0 Å². The molecule has 5 nitrogen and oxygen atoms in total. The Kier molecular flexibility index (Phi) is 7.24. The summed E-state index contributed by atoms with van der Waals surface area (Å²) in [6, 6.07) is 19.2. The monoisotopic (exact) mass is 577 g/mol. The maximum absolute atomic E-state index is 13.3. The largest absolute Gasteiger partial charge is 0.417 e. The highest BCUT2D eigenvalue weighted by Crippen LogP contribution is 2.39. The molecule has 0 saturated carbocycles. The Bertz CT molecular complexity index is 1330. The summed E-state index contributed by atoms with van der Waals surface area (Å²) < 4.78 is 40.7. The quantitative estimate of drug-likeness (QED) is 0.373. The fraction of sp³-hybridized carbons (Fsp3) is 0.192. The van der Waals surface area contributed by atoms with E-state index in [9.17, 15) is 22.8 Å². The van der Waals surface area contributed by atoms with Crippen molar-refractivity contribution < 1.29 is 22.8 Å². The van der Waals surface area contributed by atoms with Crippen molar-refractivity contribution in [2.24, 2.45) is 5.10 Å². The van der Waals surface area contributed by atoms with E-state index in [0.29, 0.717) is 11.3 Å². The van der Waals surface area contributed by atoms with Gasteiger partial charge in [0.25, 0.3) is 0 Å². The predicted octanol–water partition coefficient (Wildman–Crippen LogP) is 6.31. The van der Waals surface area contributed by atoms with Crippen LogP contribution in [0.2, 0.25) is 5.02 Å². The molecule has 36 heavy (non-hydrogen) atoms. The van der Waals surface area contributed by atoms with Gasteiger partial charge in [0.15, 0.2) is 0 Å². The zero-order valence-electron chi connectivity index (χ0n) is 18.9. The van der Waals surface area contributed by atoms with E-state index in [-0.39, 0.29) is 36.1 Å². The van der Waals surface area contributed by atoms with E-state index in [1.54, 1.807) is 54.6 Å². The molecule has 0 spiro atoms. The minimum absolute atomic E-state index is 0.0358. The summed E-state index contributed by atoms with van der Waals surface area (Å²) in [4.78, 5) is 26.0. The van der Waals surface area contributed by atoms with E-state index in [2.05, 4.69) is 26.3 Å². The first-order valence-electron chi connectivity index (χ1n) is 10.8. The fourth-order valence-electron chi connectivity index (χ4n) is 4.23. The van der Waals surface area contributed by atoms with Gasteiger partial charge in [-0.3, -0.25) is 14.6 Å². The zero-order chi connectivity index (χ0) is 26.1. The number of anilines is 1. The molecule has 0 aliphatic carbocycles. The predicted molar refractivity (Wildman–Crippen MR) is 136 cm³/mol. The van der Waals surface area contributed by atoms with Gasteiger partial charge in [-0.05, 0) is 48.9 Å². The molecule has 0 fully saturated rings. The lowest BCUT2D eigenvalue weighted by molar-refractivity contribution is -0.137. The number of carbonyl (C=O) groups excluding carboxylic acids is 2. The van der Waals surface area contributed by atoms with E-state index in [1.807, 2.05) is 0 Å². The molecule has 3 aromatic carbocycles. The van der Waals surface area contributed by atoms with Gasteiger partial charge < -0.3 is 5.32 Å². The maximum Gasteiger partial charge on any atom is 0.417 e. The highest BCUT2D eigenvalue weighted by molar-refractivity contribution is 9.10. The van der Waals surface area contributed by atoms with Crippen molar-refractivity contribution in [2.75, 3.05) is 18.4 Å². The molecular formula is C26H20BrClF3N3O2. The smallest absolute Gasteiger partial charge is 0.324 e. The maximum atomic E-state index is 13.3. The van der Waals surface area contributed by atoms with Gasteiger partial charge in [0.05, 0.1) is 22.8 Å². The van der Waals surface area contributed by atoms with Crippen molar-refractivity contribution in [3.8, 4) is 0 Å². The lowest BCUT2D eigenvalue weighted by Crippen LogP contribution is -2.46. The summed E-state index contributed by atoms with van der Waals surface area (Å²) in [7, 11) is 0. The lowest BCUT2D eigenvalue weighted by Gasteiger charge is -2.29. The molecular weight excluding hydrogens is 559 g/mol. The third-order valence-corrected chi connectivity index (χ3v) is 6.78. The van der Waals surface area contributed by atoms with Crippen molar-refractivity contribution in [1.29, 1.82) is 0 Å². The van der Waals surface area contributed by atoms with Gasteiger partial charge in [-0.1, -0.05) is 63.9 Å². The number of hydrogen-bond acceptors (Lipinski definition) is 4. The number of hydrogen-bond donors (Lipinski definition) is 1. The molecule has 1 amide bonds. The van der Waals surface area contributed by atoms with Crippen LogP contribution in [0.4, 0.5) is 18.9 Å². The van der Waals surface area contributed by atoms with Crippen LogP contribution < -0.4 is 5.32 Å². The van der Waals surface area contributed by atoms with E-state index >= 15 is 0 Å². The lowest BCUT2D eigenvalue weighted by atomic mass is 9.71. The number of amides is 1. The molecule has 0 saturated heterocycles. The van der Waals surface area contributed by atoms with E-state index < -0.39 is 22.2 Å².